The lowest BCUT2D eigenvalue weighted by atomic mass is 10.2. The Balaban J connectivity index is 3.01. The van der Waals surface area contributed by atoms with Crippen LogP contribution in [0.4, 0.5) is 0 Å². The summed E-state index contributed by atoms with van der Waals surface area (Å²) in [4.78, 5) is 3.92. The number of aromatic nitrogens is 1. The van der Waals surface area contributed by atoms with E-state index in [2.05, 4.69) is 11.9 Å². The van der Waals surface area contributed by atoms with Crippen LogP contribution in [-0.2, 0) is 6.42 Å². The Kier molecular flexibility index (Phi) is 2.06. The Morgan fingerprint density at radius 3 is 2.89 bits per heavy atom. The number of nitrogens with zero attached hydrogens (tertiary/aromatic N) is 1. The molecule has 1 rings (SSSR count). The molecule has 0 aromatic carbocycles. The van der Waals surface area contributed by atoms with E-state index in [1.165, 1.54) is 0 Å². The van der Waals surface area contributed by atoms with Gasteiger partial charge in [-0.25, -0.2) is 4.98 Å². The first-order chi connectivity index (χ1) is 4.34. The van der Waals surface area contributed by atoms with Crippen LogP contribution < -0.4 is 0 Å². The van der Waals surface area contributed by atoms with Crippen LogP contribution in [0.5, 0.6) is 0 Å². The van der Waals surface area contributed by atoms with Crippen molar-refractivity contribution in [3.8, 4) is 0 Å². The van der Waals surface area contributed by atoms with Crippen LogP contribution in [0, 0.1) is 0 Å². The molecule has 1 nitrogen and oxygen atoms in total. The number of rotatable bonds is 1. The lowest BCUT2D eigenvalue weighted by Gasteiger charge is -1.95. The molecular weight excluding hydrogens is 134 g/mol. The normalized spacial score (nSPS) is 9.56. The average Bonchev–Trinajstić information content (AvgIpc) is 1.89. The van der Waals surface area contributed by atoms with E-state index in [0.717, 1.165) is 12.0 Å². The maximum absolute atomic E-state index is 5.71. The number of pyridine rings is 1. The van der Waals surface area contributed by atoms with Crippen molar-refractivity contribution >= 4 is 11.6 Å². The number of aryl methyl sites for hydroxylation is 1. The highest BCUT2D eigenvalue weighted by molar-refractivity contribution is 6.30. The second-order valence-corrected chi connectivity index (χ2v) is 2.16. The third-order valence-corrected chi connectivity index (χ3v) is 1.56. The molecule has 0 aliphatic rings. The maximum atomic E-state index is 5.71. The Hall–Kier alpha value is -0.560. The molecule has 0 spiro atoms. The zero-order chi connectivity index (χ0) is 6.69. The molecule has 0 atom stereocenters. The summed E-state index contributed by atoms with van der Waals surface area (Å²) >= 11 is 5.71. The van der Waals surface area contributed by atoms with E-state index in [4.69, 9.17) is 11.6 Å². The molecule has 0 radical (unpaired) electrons. The van der Waals surface area contributed by atoms with Gasteiger partial charge in [0.15, 0.2) is 0 Å². The molecule has 1 aromatic rings. The van der Waals surface area contributed by atoms with Crippen LogP contribution in [0.3, 0.4) is 0 Å². The van der Waals surface area contributed by atoms with Gasteiger partial charge in [0.1, 0.15) is 5.15 Å². The molecule has 9 heavy (non-hydrogen) atoms. The summed E-state index contributed by atoms with van der Waals surface area (Å²) in [6, 6.07) is 3.88. The molecule has 48 valence electrons. The van der Waals surface area contributed by atoms with Gasteiger partial charge >= 0.3 is 0 Å². The highest BCUT2D eigenvalue weighted by Gasteiger charge is 1.93. The molecule has 2 heteroatoms. The van der Waals surface area contributed by atoms with Crippen molar-refractivity contribution in [1.82, 2.24) is 4.98 Å². The Bertz CT molecular complexity index is 198. The minimum Gasteiger partial charge on any atom is -0.244 e. The van der Waals surface area contributed by atoms with E-state index >= 15 is 0 Å². The van der Waals surface area contributed by atoms with Crippen LogP contribution in [0.15, 0.2) is 18.3 Å². The molecule has 0 aliphatic heterocycles. The third kappa shape index (κ3) is 1.42. The SMILES string of the molecule is CCc1cccnc1Cl. The maximum Gasteiger partial charge on any atom is 0.132 e. The summed E-state index contributed by atoms with van der Waals surface area (Å²) in [5, 5.41) is 0.625. The van der Waals surface area contributed by atoms with Crippen LogP contribution in [0.2, 0.25) is 5.15 Å². The van der Waals surface area contributed by atoms with Gasteiger partial charge in [-0.15, -0.1) is 0 Å². The van der Waals surface area contributed by atoms with Crippen molar-refractivity contribution in [3.05, 3.63) is 29.0 Å². The van der Waals surface area contributed by atoms with Crippen LogP contribution in [0.25, 0.3) is 0 Å². The minimum absolute atomic E-state index is 0.625. The van der Waals surface area contributed by atoms with Crippen LogP contribution in [-0.4, -0.2) is 4.98 Å². The third-order valence-electron chi connectivity index (χ3n) is 1.22. The zero-order valence-corrected chi connectivity index (χ0v) is 6.02. The van der Waals surface area contributed by atoms with Crippen molar-refractivity contribution in [1.29, 1.82) is 0 Å². The molecule has 0 saturated heterocycles. The molecular formula is C7H8ClN. The highest BCUT2D eigenvalue weighted by atomic mass is 35.5. The van der Waals surface area contributed by atoms with E-state index in [1.807, 2.05) is 12.1 Å². The van der Waals surface area contributed by atoms with Gasteiger partial charge in [-0.05, 0) is 18.1 Å². The first kappa shape index (κ1) is 6.56. The average molecular weight is 142 g/mol. The standard InChI is InChI=1S/C7H8ClN/c1-2-6-4-3-5-9-7(6)8/h3-5H,2H2,1H3. The molecule has 1 heterocycles. The second-order valence-electron chi connectivity index (χ2n) is 1.81. The van der Waals surface area contributed by atoms with Gasteiger partial charge in [0, 0.05) is 6.20 Å². The molecule has 1 aromatic heterocycles. The van der Waals surface area contributed by atoms with E-state index < -0.39 is 0 Å². The van der Waals surface area contributed by atoms with E-state index in [1.54, 1.807) is 6.20 Å². The predicted molar refractivity (Wildman–Crippen MR) is 38.6 cm³/mol. The van der Waals surface area contributed by atoms with Crippen molar-refractivity contribution in [2.75, 3.05) is 0 Å². The topological polar surface area (TPSA) is 12.9 Å². The lowest BCUT2D eigenvalue weighted by molar-refractivity contribution is 1.10. The van der Waals surface area contributed by atoms with Gasteiger partial charge in [0.25, 0.3) is 0 Å². The summed E-state index contributed by atoms with van der Waals surface area (Å²) in [5.74, 6) is 0. The number of hydrogen-bond donors (Lipinski definition) is 0. The monoisotopic (exact) mass is 141 g/mol. The fourth-order valence-corrected chi connectivity index (χ4v) is 0.936. The second kappa shape index (κ2) is 2.83. The van der Waals surface area contributed by atoms with Crippen molar-refractivity contribution < 1.29 is 0 Å². The van der Waals surface area contributed by atoms with Crippen molar-refractivity contribution in [3.63, 3.8) is 0 Å². The predicted octanol–water partition coefficient (Wildman–Crippen LogP) is 2.30. The Morgan fingerprint density at radius 1 is 1.67 bits per heavy atom. The zero-order valence-electron chi connectivity index (χ0n) is 5.26. The first-order valence-corrected chi connectivity index (χ1v) is 3.31. The number of halogens is 1. The molecule has 0 fully saturated rings. The summed E-state index contributed by atoms with van der Waals surface area (Å²) in [6.07, 6.45) is 2.65. The summed E-state index contributed by atoms with van der Waals surface area (Å²) in [5.41, 5.74) is 1.11. The molecule has 0 saturated carbocycles. The smallest absolute Gasteiger partial charge is 0.132 e. The van der Waals surface area contributed by atoms with Gasteiger partial charge in [-0.1, -0.05) is 24.6 Å². The van der Waals surface area contributed by atoms with Gasteiger partial charge in [-0.3, -0.25) is 0 Å². The highest BCUT2D eigenvalue weighted by Crippen LogP contribution is 2.10. The van der Waals surface area contributed by atoms with Gasteiger partial charge in [0.05, 0.1) is 0 Å². The van der Waals surface area contributed by atoms with Gasteiger partial charge in [0.2, 0.25) is 0 Å². The molecule has 0 N–H and O–H groups in total. The van der Waals surface area contributed by atoms with Gasteiger partial charge in [-0.2, -0.15) is 0 Å². The quantitative estimate of drug-likeness (QED) is 0.547. The van der Waals surface area contributed by atoms with E-state index in [-0.39, 0.29) is 0 Å². The number of hydrogen-bond acceptors (Lipinski definition) is 1. The minimum atomic E-state index is 0.625. The van der Waals surface area contributed by atoms with Crippen molar-refractivity contribution in [2.45, 2.75) is 13.3 Å². The fourth-order valence-electron chi connectivity index (χ4n) is 0.683. The summed E-state index contributed by atoms with van der Waals surface area (Å²) in [7, 11) is 0. The van der Waals surface area contributed by atoms with Crippen LogP contribution in [0.1, 0.15) is 12.5 Å². The Morgan fingerprint density at radius 2 is 2.44 bits per heavy atom. The van der Waals surface area contributed by atoms with E-state index in [9.17, 15) is 0 Å². The molecule has 0 aliphatic carbocycles. The van der Waals surface area contributed by atoms with Crippen molar-refractivity contribution in [2.24, 2.45) is 0 Å². The summed E-state index contributed by atoms with van der Waals surface area (Å²) in [6.45, 7) is 2.06. The fraction of sp³-hybridized carbons (Fsp3) is 0.286. The van der Waals surface area contributed by atoms with Crippen LogP contribution >= 0.6 is 11.6 Å². The summed E-state index contributed by atoms with van der Waals surface area (Å²) < 4.78 is 0. The Labute approximate surface area is 59.7 Å². The van der Waals surface area contributed by atoms with Gasteiger partial charge < -0.3 is 0 Å². The molecule has 0 unspecified atom stereocenters. The first-order valence-electron chi connectivity index (χ1n) is 2.94. The largest absolute Gasteiger partial charge is 0.244 e. The van der Waals surface area contributed by atoms with E-state index in [0.29, 0.717) is 5.15 Å². The molecule has 0 bridgehead atoms. The molecule has 0 amide bonds. The lowest BCUT2D eigenvalue weighted by Crippen LogP contribution is -1.82.